The van der Waals surface area contributed by atoms with Crippen LogP contribution in [-0.2, 0) is 14.6 Å². The molecule has 0 bridgehead atoms. The molecule has 0 aliphatic heterocycles. The molecule has 1 amide bonds. The Balaban J connectivity index is 3.38. The van der Waals surface area contributed by atoms with Crippen LogP contribution in [0, 0.1) is 0 Å². The molecule has 0 unspecified atom stereocenters. The summed E-state index contributed by atoms with van der Waals surface area (Å²) in [6.45, 7) is 1.94. The van der Waals surface area contributed by atoms with Crippen molar-refractivity contribution in [1.29, 1.82) is 0 Å². The Morgan fingerprint density at radius 2 is 1.92 bits per heavy atom. The number of hydrogen-bond donors (Lipinski definition) is 1. The molecule has 24 heavy (non-hydrogen) atoms. The van der Waals surface area contributed by atoms with Crippen molar-refractivity contribution in [3.05, 3.63) is 29.2 Å². The van der Waals surface area contributed by atoms with Crippen LogP contribution in [0.15, 0.2) is 23.6 Å². The van der Waals surface area contributed by atoms with Crippen LogP contribution >= 0.6 is 0 Å². The van der Waals surface area contributed by atoms with Gasteiger partial charge in [0.2, 0.25) is 0 Å². The molecule has 0 aromatic heterocycles. The van der Waals surface area contributed by atoms with Gasteiger partial charge in [-0.1, -0.05) is 0 Å². The lowest BCUT2D eigenvalue weighted by atomic mass is 10.1. The lowest BCUT2D eigenvalue weighted by Crippen LogP contribution is -2.35. The number of amides is 1. The summed E-state index contributed by atoms with van der Waals surface area (Å²) in [6.07, 6.45) is -4.37. The van der Waals surface area contributed by atoms with Crippen molar-refractivity contribution in [2.75, 3.05) is 20.0 Å². The highest BCUT2D eigenvalue weighted by molar-refractivity contribution is 7.93. The van der Waals surface area contributed by atoms with Crippen LogP contribution in [0.2, 0.25) is 0 Å². The fourth-order valence-electron chi connectivity index (χ4n) is 1.69. The minimum absolute atomic E-state index is 0.0160. The van der Waals surface area contributed by atoms with Gasteiger partial charge < -0.3 is 14.8 Å². The lowest BCUT2D eigenvalue weighted by Gasteiger charge is -2.15. The number of carbonyl (C=O) groups is 1. The highest BCUT2D eigenvalue weighted by Crippen LogP contribution is 2.30. The Labute approximate surface area is 137 Å². The Morgan fingerprint density at radius 3 is 2.38 bits per heavy atom. The minimum atomic E-state index is -5.16. The summed E-state index contributed by atoms with van der Waals surface area (Å²) in [6, 6.07) is 3.96. The van der Waals surface area contributed by atoms with Gasteiger partial charge in [-0.05, 0) is 25.1 Å². The van der Waals surface area contributed by atoms with Crippen LogP contribution < -0.4 is 14.8 Å². The van der Waals surface area contributed by atoms with Crippen molar-refractivity contribution in [2.45, 2.75) is 13.1 Å². The zero-order valence-electron chi connectivity index (χ0n) is 13.1. The Hall–Kier alpha value is -2.23. The Bertz CT molecular complexity index is 741. The van der Waals surface area contributed by atoms with E-state index in [1.807, 2.05) is 0 Å². The molecular weight excluding hydrogens is 351 g/mol. The molecule has 10 heteroatoms. The zero-order valence-corrected chi connectivity index (χ0v) is 13.9. The number of alkyl halides is 3. The topological polar surface area (TPSA) is 81.7 Å². The van der Waals surface area contributed by atoms with Crippen LogP contribution in [0.1, 0.15) is 12.5 Å². The van der Waals surface area contributed by atoms with E-state index in [0.29, 0.717) is 11.2 Å². The molecule has 0 saturated heterocycles. The smallest absolute Gasteiger partial charge is 0.471 e. The van der Waals surface area contributed by atoms with Gasteiger partial charge in [-0.3, -0.25) is 4.79 Å². The average molecular weight is 367 g/mol. The second-order valence-corrected chi connectivity index (χ2v) is 6.51. The minimum Gasteiger partial charge on any atom is -0.493 e. The van der Waals surface area contributed by atoms with E-state index in [4.69, 9.17) is 9.47 Å². The van der Waals surface area contributed by atoms with Gasteiger partial charge in [-0.25, -0.2) is 8.42 Å². The number of rotatable bonds is 6. The van der Waals surface area contributed by atoms with E-state index in [1.54, 1.807) is 12.2 Å². The summed E-state index contributed by atoms with van der Waals surface area (Å²) in [7, 11) is -2.45. The van der Waals surface area contributed by atoms with Gasteiger partial charge in [-0.15, -0.1) is 0 Å². The van der Waals surface area contributed by atoms with Crippen molar-refractivity contribution in [1.82, 2.24) is 5.32 Å². The number of carbonyl (C=O) groups excluding carboxylic acids is 1. The summed E-state index contributed by atoms with van der Waals surface area (Å²) < 4.78 is 70.5. The number of halogens is 3. The third kappa shape index (κ3) is 5.76. The fraction of sp³-hybridized carbons (Fsp3) is 0.357. The highest BCUT2D eigenvalue weighted by Gasteiger charge is 2.39. The third-order valence-electron chi connectivity index (χ3n) is 2.61. The maximum atomic E-state index is 12.4. The molecule has 0 atom stereocenters. The van der Waals surface area contributed by atoms with Gasteiger partial charge in [0.15, 0.2) is 21.3 Å². The predicted octanol–water partition coefficient (Wildman–Crippen LogP) is 2.12. The Morgan fingerprint density at radius 1 is 1.29 bits per heavy atom. The van der Waals surface area contributed by atoms with Crippen molar-refractivity contribution in [3.63, 3.8) is 0 Å². The molecule has 0 saturated carbocycles. The van der Waals surface area contributed by atoms with Gasteiger partial charge in [-0.2, -0.15) is 13.2 Å². The molecule has 0 aliphatic carbocycles. The van der Waals surface area contributed by atoms with E-state index < -0.39 is 27.6 Å². The third-order valence-corrected chi connectivity index (χ3v) is 3.28. The van der Waals surface area contributed by atoms with E-state index in [1.165, 1.54) is 25.3 Å². The van der Waals surface area contributed by atoms with Crippen LogP contribution in [0.5, 0.6) is 11.5 Å². The number of hydrogen-bond acceptors (Lipinski definition) is 5. The maximum absolute atomic E-state index is 12.4. The first-order chi connectivity index (χ1) is 11.0. The number of benzene rings is 1. The number of nitrogens with one attached hydrogen (secondary N) is 1. The molecule has 1 aromatic carbocycles. The Kier molecular flexibility index (Phi) is 6.24. The molecule has 1 aromatic rings. The number of ether oxygens (including phenoxy) is 2. The van der Waals surface area contributed by atoms with E-state index >= 15 is 0 Å². The molecule has 1 N–H and O–H groups in total. The quantitative estimate of drug-likeness (QED) is 0.833. The van der Waals surface area contributed by atoms with Crippen molar-refractivity contribution in [3.8, 4) is 11.5 Å². The van der Waals surface area contributed by atoms with Gasteiger partial charge in [0.25, 0.3) is 0 Å². The standard InChI is InChI=1S/C14H16F3NO5S/c1-4-23-12-7-9(5-6-11(12)22-2)10(8-24(3,20)21)18-13(19)14(15,16)17/h5-8H,4H2,1-3H3,(H,18,19). The summed E-state index contributed by atoms with van der Waals surface area (Å²) in [5.41, 5.74) is -0.509. The van der Waals surface area contributed by atoms with E-state index in [-0.39, 0.29) is 17.9 Å². The summed E-state index contributed by atoms with van der Waals surface area (Å²) in [5.74, 6) is -1.79. The maximum Gasteiger partial charge on any atom is 0.471 e. The molecule has 6 nitrogen and oxygen atoms in total. The number of methoxy groups -OCH3 is 1. The second-order valence-electron chi connectivity index (χ2n) is 4.61. The van der Waals surface area contributed by atoms with Crippen molar-refractivity contribution in [2.24, 2.45) is 0 Å². The van der Waals surface area contributed by atoms with Crippen LogP contribution in [0.4, 0.5) is 13.2 Å². The molecule has 0 radical (unpaired) electrons. The van der Waals surface area contributed by atoms with E-state index in [9.17, 15) is 26.4 Å². The molecule has 1 rings (SSSR count). The normalized spacial score (nSPS) is 12.7. The molecule has 0 fully saturated rings. The van der Waals surface area contributed by atoms with E-state index in [0.717, 1.165) is 6.26 Å². The zero-order chi connectivity index (χ0) is 18.5. The number of sulfone groups is 1. The predicted molar refractivity (Wildman–Crippen MR) is 81.2 cm³/mol. The van der Waals surface area contributed by atoms with Crippen LogP contribution in [0.25, 0.3) is 5.70 Å². The molecule has 134 valence electrons. The average Bonchev–Trinajstić information content (AvgIpc) is 2.44. The van der Waals surface area contributed by atoms with Gasteiger partial charge >= 0.3 is 12.1 Å². The molecule has 0 spiro atoms. The first-order valence-corrected chi connectivity index (χ1v) is 8.54. The van der Waals surface area contributed by atoms with Crippen molar-refractivity contribution < 1.29 is 35.9 Å². The fourth-order valence-corrected chi connectivity index (χ4v) is 2.31. The first kappa shape index (κ1) is 19.8. The molecule has 0 aliphatic rings. The highest BCUT2D eigenvalue weighted by atomic mass is 32.2. The van der Waals surface area contributed by atoms with Crippen LogP contribution in [-0.4, -0.2) is 40.5 Å². The monoisotopic (exact) mass is 367 g/mol. The van der Waals surface area contributed by atoms with E-state index in [2.05, 4.69) is 0 Å². The summed E-state index contributed by atoms with van der Waals surface area (Å²) in [4.78, 5) is 11.1. The molecular formula is C14H16F3NO5S. The van der Waals surface area contributed by atoms with Gasteiger partial charge in [0.1, 0.15) is 0 Å². The van der Waals surface area contributed by atoms with Gasteiger partial charge in [0, 0.05) is 11.8 Å². The van der Waals surface area contributed by atoms with Gasteiger partial charge in [0.05, 0.1) is 24.8 Å². The summed E-state index contributed by atoms with van der Waals surface area (Å²) >= 11 is 0. The summed E-state index contributed by atoms with van der Waals surface area (Å²) in [5, 5.41) is 2.09. The lowest BCUT2D eigenvalue weighted by molar-refractivity contribution is -0.172. The van der Waals surface area contributed by atoms with Crippen LogP contribution in [0.3, 0.4) is 0 Å². The largest absolute Gasteiger partial charge is 0.493 e. The molecule has 0 heterocycles. The first-order valence-electron chi connectivity index (χ1n) is 6.59. The SMILES string of the molecule is CCOc1cc(C(=CS(C)(=O)=O)NC(=O)C(F)(F)F)ccc1OC. The van der Waals surface area contributed by atoms with Crippen molar-refractivity contribution >= 4 is 21.4 Å². The second kappa shape index (κ2) is 7.56.